The molecule has 0 atom stereocenters. The van der Waals surface area contributed by atoms with Crippen LogP contribution in [-0.4, -0.2) is 3.26 Å². The molecule has 2 aliphatic rings. The van der Waals surface area contributed by atoms with Crippen LogP contribution in [0.2, 0.25) is 0 Å². The van der Waals surface area contributed by atoms with Crippen molar-refractivity contribution in [1.82, 2.24) is 0 Å². The van der Waals surface area contributed by atoms with Gasteiger partial charge in [0.25, 0.3) is 0 Å². The molecule has 0 heterocycles. The van der Waals surface area contributed by atoms with Gasteiger partial charge in [-0.2, -0.15) is 29.8 Å². The summed E-state index contributed by atoms with van der Waals surface area (Å²) in [7, 11) is 0. The molecule has 2 aliphatic carbocycles. The van der Waals surface area contributed by atoms with Gasteiger partial charge in [-0.25, -0.2) is 12.2 Å². The molecular formula is C32H42Cl2Hf. The Labute approximate surface area is 242 Å². The summed E-state index contributed by atoms with van der Waals surface area (Å²) >= 11 is 1.25. The monoisotopic (exact) mass is 676 g/mol. The molecule has 4 rings (SSSR count). The Bertz CT molecular complexity index is 959. The quantitative estimate of drug-likeness (QED) is 0.147. The second-order valence-corrected chi connectivity index (χ2v) is 14.0. The van der Waals surface area contributed by atoms with Crippen molar-refractivity contribution in [2.24, 2.45) is 0 Å². The maximum atomic E-state index is 3.67. The van der Waals surface area contributed by atoms with E-state index in [1.807, 2.05) is 18.2 Å². The normalized spacial score (nSPS) is 12.6. The first kappa shape index (κ1) is 34.0. The van der Waals surface area contributed by atoms with E-state index in [0.29, 0.717) is 0 Å². The molecule has 0 aliphatic heterocycles. The Morgan fingerprint density at radius 3 is 2.09 bits per heavy atom. The van der Waals surface area contributed by atoms with Crippen LogP contribution in [0.3, 0.4) is 0 Å². The fourth-order valence-electron chi connectivity index (χ4n) is 3.69. The summed E-state index contributed by atoms with van der Waals surface area (Å²) in [6.07, 6.45) is 15.4. The number of hydrogen-bond donors (Lipinski definition) is 0. The Kier molecular flexibility index (Phi) is 14.8. The second-order valence-electron chi connectivity index (χ2n) is 10.9. The molecule has 3 heteroatoms. The summed E-state index contributed by atoms with van der Waals surface area (Å²) in [5, 5.41) is 0. The summed E-state index contributed by atoms with van der Waals surface area (Å²) in [6, 6.07) is 15.2. The van der Waals surface area contributed by atoms with Crippen LogP contribution in [0.15, 0.2) is 61.2 Å². The van der Waals surface area contributed by atoms with Gasteiger partial charge in [0.2, 0.25) is 0 Å². The molecule has 188 valence electrons. The number of halogens is 2. The minimum Gasteiger partial charge on any atom is -0.273 e. The second kappa shape index (κ2) is 15.3. The molecule has 0 fully saturated rings. The van der Waals surface area contributed by atoms with E-state index in [1.54, 1.807) is 3.26 Å². The largest absolute Gasteiger partial charge is 0.273 e. The zero-order valence-electron chi connectivity index (χ0n) is 22.5. The van der Waals surface area contributed by atoms with E-state index in [9.17, 15) is 0 Å². The standard InChI is InChI=1S/C21H25.C6H10.C5H5.2ClH.Hf/c1-20(2,3)16-7-9-18-14(12-16)11-15-13-17(21(4,5)6)8-10-19(15)18;1-3-5-6-4-2;1-2-4-5-3-1;;;/h7-10,12H,11H2,1-6H3;3H,1,5-6H2,2H3;1-3H,4H2;2*1H;/q-1;;-1;;;+2. The van der Waals surface area contributed by atoms with Gasteiger partial charge in [-0.3, -0.25) is 6.08 Å². The van der Waals surface area contributed by atoms with Crippen LogP contribution in [0.1, 0.15) is 90.0 Å². The van der Waals surface area contributed by atoms with Crippen LogP contribution >= 0.6 is 24.8 Å². The molecule has 35 heavy (non-hydrogen) atoms. The van der Waals surface area contributed by atoms with Gasteiger partial charge in [-0.15, -0.1) is 42.4 Å². The molecule has 2 aromatic rings. The molecule has 0 nitrogen and oxygen atoms in total. The molecule has 0 bridgehead atoms. The Hall–Kier alpha value is -1.02. The number of allylic oxidation sites excluding steroid dienone is 5. The van der Waals surface area contributed by atoms with Gasteiger partial charge in [-0.05, 0) is 28.4 Å². The van der Waals surface area contributed by atoms with Crippen LogP contribution in [0.5, 0.6) is 0 Å². The molecule has 0 unspecified atom stereocenters. The topological polar surface area (TPSA) is 0 Å². The predicted molar refractivity (Wildman–Crippen MR) is 157 cm³/mol. The first-order chi connectivity index (χ1) is 15.4. The zero-order chi connectivity index (χ0) is 24.6. The number of benzene rings is 2. The smallest absolute Gasteiger partial charge is 0.0132 e. The average molecular weight is 676 g/mol. The number of rotatable bonds is 3. The van der Waals surface area contributed by atoms with E-state index in [-0.39, 0.29) is 35.6 Å². The predicted octanol–water partition coefficient (Wildman–Crippen LogP) is 9.49. The fourth-order valence-corrected chi connectivity index (χ4v) is 4.21. The fraction of sp³-hybridized carbons (Fsp3) is 0.406. The third-order valence-electron chi connectivity index (χ3n) is 5.77. The zero-order valence-corrected chi connectivity index (χ0v) is 27.8. The third-order valence-corrected chi connectivity index (χ3v) is 6.67. The van der Waals surface area contributed by atoms with E-state index < -0.39 is 0 Å². The van der Waals surface area contributed by atoms with Crippen molar-refractivity contribution in [3.63, 3.8) is 0 Å². The Balaban J connectivity index is 0.000000688. The van der Waals surface area contributed by atoms with Crippen molar-refractivity contribution in [1.29, 1.82) is 0 Å². The van der Waals surface area contributed by atoms with Gasteiger partial charge >= 0.3 is 59.6 Å². The van der Waals surface area contributed by atoms with Gasteiger partial charge in [0.1, 0.15) is 0 Å². The van der Waals surface area contributed by atoms with Gasteiger partial charge in [0, 0.05) is 0 Å². The summed E-state index contributed by atoms with van der Waals surface area (Å²) < 4.78 is 1.62. The number of fused-ring (bicyclic) bond motifs is 3. The van der Waals surface area contributed by atoms with Crippen molar-refractivity contribution in [3.8, 4) is 11.1 Å². The van der Waals surface area contributed by atoms with Crippen LogP contribution in [0.4, 0.5) is 0 Å². The van der Waals surface area contributed by atoms with Crippen molar-refractivity contribution >= 4 is 28.1 Å². The summed E-state index contributed by atoms with van der Waals surface area (Å²) in [5.41, 5.74) is 8.70. The van der Waals surface area contributed by atoms with Crippen molar-refractivity contribution in [2.45, 2.75) is 85.0 Å². The van der Waals surface area contributed by atoms with Gasteiger partial charge < -0.3 is 0 Å². The molecule has 0 amide bonds. The van der Waals surface area contributed by atoms with E-state index in [0.717, 1.165) is 19.3 Å². The van der Waals surface area contributed by atoms with Crippen molar-refractivity contribution in [3.05, 3.63) is 95.6 Å². The molecule has 0 radical (unpaired) electrons. The third kappa shape index (κ3) is 10.9. The van der Waals surface area contributed by atoms with Crippen LogP contribution in [0.25, 0.3) is 11.1 Å². The molecule has 0 N–H and O–H groups in total. The first-order valence-electron chi connectivity index (χ1n) is 12.0. The number of hydrogen-bond acceptors (Lipinski definition) is 0. The molecule has 0 aromatic heterocycles. The van der Waals surface area contributed by atoms with Gasteiger partial charge in [0.05, 0.1) is 0 Å². The molecular weight excluding hydrogens is 634 g/mol. The van der Waals surface area contributed by atoms with E-state index in [2.05, 4.69) is 104 Å². The minimum atomic E-state index is 0. The molecule has 0 saturated carbocycles. The Morgan fingerprint density at radius 2 is 1.66 bits per heavy atom. The maximum Gasteiger partial charge on any atom is -0.0132 e. The summed E-state index contributed by atoms with van der Waals surface area (Å²) in [6.45, 7) is 19.4. The SMILES string of the molecule is C=CCC[C](C)=[Hf+2].CC(C)(C)c1[c-]c2c(cc1)-c1ccc(C(C)(C)C)cc1C2.Cl.Cl.[C-]1=CC=CC1. The molecule has 0 spiro atoms. The summed E-state index contributed by atoms with van der Waals surface area (Å²) in [5.74, 6) is 0. The molecule has 2 aromatic carbocycles. The molecule has 0 saturated heterocycles. The van der Waals surface area contributed by atoms with Crippen molar-refractivity contribution < 1.29 is 23.9 Å². The Morgan fingerprint density at radius 1 is 1.00 bits per heavy atom. The van der Waals surface area contributed by atoms with E-state index in [1.165, 1.54) is 63.7 Å². The first-order valence-corrected chi connectivity index (χ1v) is 13.8. The van der Waals surface area contributed by atoms with Gasteiger partial charge in [-0.1, -0.05) is 65.3 Å². The van der Waals surface area contributed by atoms with E-state index in [4.69, 9.17) is 0 Å². The summed E-state index contributed by atoms with van der Waals surface area (Å²) in [4.78, 5) is 0. The van der Waals surface area contributed by atoms with Crippen LogP contribution < -0.4 is 0 Å². The minimum absolute atomic E-state index is 0. The average Bonchev–Trinajstić information content (AvgIpc) is 3.41. The van der Waals surface area contributed by atoms with Gasteiger partial charge in [0.15, 0.2) is 0 Å². The van der Waals surface area contributed by atoms with Crippen LogP contribution in [0, 0.1) is 12.1 Å². The van der Waals surface area contributed by atoms with Crippen molar-refractivity contribution in [2.75, 3.05) is 0 Å². The van der Waals surface area contributed by atoms with E-state index >= 15 is 0 Å². The maximum absolute atomic E-state index is 3.67. The van der Waals surface area contributed by atoms with Crippen LogP contribution in [-0.2, 0) is 41.1 Å².